The van der Waals surface area contributed by atoms with Crippen molar-refractivity contribution in [2.24, 2.45) is 17.1 Å². The van der Waals surface area contributed by atoms with Gasteiger partial charge in [-0.25, -0.2) is 4.39 Å². The van der Waals surface area contributed by atoms with Gasteiger partial charge in [-0.1, -0.05) is 51.3 Å². The molecule has 2 N–H and O–H groups in total. The van der Waals surface area contributed by atoms with Gasteiger partial charge in [-0.15, -0.1) is 0 Å². The SMILES string of the molecule is CC(C)(C)C1CCCCC1(N)Cc1ccc(F)c(Cl)c1. The quantitative estimate of drug-likeness (QED) is 0.820. The van der Waals surface area contributed by atoms with Crippen molar-refractivity contribution >= 4 is 11.6 Å². The molecule has 0 radical (unpaired) electrons. The molecule has 0 bridgehead atoms. The maximum absolute atomic E-state index is 13.3. The molecule has 0 aromatic heterocycles. The predicted molar refractivity (Wildman–Crippen MR) is 83.4 cm³/mol. The minimum absolute atomic E-state index is 0.189. The van der Waals surface area contributed by atoms with E-state index < -0.39 is 0 Å². The summed E-state index contributed by atoms with van der Waals surface area (Å²) in [5.41, 5.74) is 7.79. The van der Waals surface area contributed by atoms with Gasteiger partial charge in [0.2, 0.25) is 0 Å². The molecule has 0 spiro atoms. The second kappa shape index (κ2) is 5.65. The fourth-order valence-corrected chi connectivity index (χ4v) is 4.00. The summed E-state index contributed by atoms with van der Waals surface area (Å²) in [5.74, 6) is 0.116. The summed E-state index contributed by atoms with van der Waals surface area (Å²) < 4.78 is 13.3. The van der Waals surface area contributed by atoms with Gasteiger partial charge in [0.25, 0.3) is 0 Å². The first-order chi connectivity index (χ1) is 9.22. The predicted octanol–water partition coefficient (Wildman–Crippen LogP) is 4.96. The number of rotatable bonds is 2. The molecule has 0 saturated heterocycles. The van der Waals surface area contributed by atoms with Gasteiger partial charge < -0.3 is 5.73 Å². The highest BCUT2D eigenvalue weighted by Crippen LogP contribution is 2.44. The summed E-state index contributed by atoms with van der Waals surface area (Å²) in [5, 5.41) is 0.189. The summed E-state index contributed by atoms with van der Waals surface area (Å²) in [6.45, 7) is 6.80. The summed E-state index contributed by atoms with van der Waals surface area (Å²) >= 11 is 5.89. The van der Waals surface area contributed by atoms with E-state index in [1.54, 1.807) is 6.07 Å². The van der Waals surface area contributed by atoms with E-state index in [4.69, 9.17) is 17.3 Å². The zero-order valence-corrected chi connectivity index (χ0v) is 13.4. The Morgan fingerprint density at radius 3 is 2.65 bits per heavy atom. The van der Waals surface area contributed by atoms with Crippen LogP contribution in [0.25, 0.3) is 0 Å². The van der Waals surface area contributed by atoms with Gasteiger partial charge >= 0.3 is 0 Å². The van der Waals surface area contributed by atoms with E-state index in [9.17, 15) is 4.39 Å². The number of hydrogen-bond donors (Lipinski definition) is 1. The van der Waals surface area contributed by atoms with Gasteiger partial charge in [0, 0.05) is 5.54 Å². The molecule has 1 fully saturated rings. The van der Waals surface area contributed by atoms with Crippen LogP contribution in [0.4, 0.5) is 4.39 Å². The Hall–Kier alpha value is -0.600. The monoisotopic (exact) mass is 297 g/mol. The van der Waals surface area contributed by atoms with Crippen LogP contribution in [0.5, 0.6) is 0 Å². The molecule has 2 unspecified atom stereocenters. The third-order valence-corrected chi connectivity index (χ3v) is 4.93. The van der Waals surface area contributed by atoms with E-state index >= 15 is 0 Å². The van der Waals surface area contributed by atoms with Gasteiger partial charge in [0.15, 0.2) is 0 Å². The zero-order chi connectivity index (χ0) is 15.0. The molecule has 112 valence electrons. The molecular formula is C17H25ClFN. The Morgan fingerprint density at radius 1 is 1.35 bits per heavy atom. The lowest BCUT2D eigenvalue weighted by molar-refractivity contribution is 0.0793. The molecule has 0 heterocycles. The molecule has 0 amide bonds. The normalized spacial score (nSPS) is 27.6. The lowest BCUT2D eigenvalue weighted by atomic mass is 9.61. The van der Waals surface area contributed by atoms with E-state index in [2.05, 4.69) is 20.8 Å². The molecule has 1 nitrogen and oxygen atoms in total. The van der Waals surface area contributed by atoms with Crippen molar-refractivity contribution in [2.45, 2.75) is 58.4 Å². The minimum atomic E-state index is -0.363. The van der Waals surface area contributed by atoms with Crippen molar-refractivity contribution in [3.8, 4) is 0 Å². The molecule has 1 aromatic carbocycles. The lowest BCUT2D eigenvalue weighted by Gasteiger charge is -2.48. The molecule has 0 aliphatic heterocycles. The van der Waals surface area contributed by atoms with Gasteiger partial charge in [-0.2, -0.15) is 0 Å². The standard InChI is InChI=1S/C17H25ClFN/c1-16(2,3)15-6-4-5-9-17(15,20)11-12-7-8-14(19)13(18)10-12/h7-8,10,15H,4-6,9,11,20H2,1-3H3. The number of benzene rings is 1. The first kappa shape index (κ1) is 15.8. The Bertz CT molecular complexity index is 480. The van der Waals surface area contributed by atoms with Crippen molar-refractivity contribution in [2.75, 3.05) is 0 Å². The highest BCUT2D eigenvalue weighted by Gasteiger charge is 2.43. The summed E-state index contributed by atoms with van der Waals surface area (Å²) in [6.07, 6.45) is 5.41. The fourth-order valence-electron chi connectivity index (χ4n) is 3.80. The summed E-state index contributed by atoms with van der Waals surface area (Å²) in [6, 6.07) is 4.97. The largest absolute Gasteiger partial charge is 0.325 e. The average molecular weight is 298 g/mol. The second-order valence-corrected chi connectivity index (χ2v) is 7.73. The fraction of sp³-hybridized carbons (Fsp3) is 0.647. The number of halogens is 2. The Labute approximate surface area is 126 Å². The van der Waals surface area contributed by atoms with Crippen LogP contribution in [0.2, 0.25) is 5.02 Å². The van der Waals surface area contributed by atoms with E-state index in [1.165, 1.54) is 25.3 Å². The minimum Gasteiger partial charge on any atom is -0.325 e. The van der Waals surface area contributed by atoms with E-state index in [-0.39, 0.29) is 21.8 Å². The Kier molecular flexibility index (Phi) is 4.46. The van der Waals surface area contributed by atoms with Crippen LogP contribution in [0.15, 0.2) is 18.2 Å². The van der Waals surface area contributed by atoms with Crippen LogP contribution in [0.1, 0.15) is 52.0 Å². The van der Waals surface area contributed by atoms with Crippen LogP contribution in [-0.2, 0) is 6.42 Å². The molecule has 2 rings (SSSR count). The van der Waals surface area contributed by atoms with E-state index in [0.717, 1.165) is 18.4 Å². The second-order valence-electron chi connectivity index (χ2n) is 7.32. The summed E-state index contributed by atoms with van der Waals surface area (Å²) in [4.78, 5) is 0. The first-order valence-corrected chi connectivity index (χ1v) is 7.83. The van der Waals surface area contributed by atoms with Crippen molar-refractivity contribution in [3.05, 3.63) is 34.6 Å². The van der Waals surface area contributed by atoms with Crippen molar-refractivity contribution in [3.63, 3.8) is 0 Å². The van der Waals surface area contributed by atoms with Crippen LogP contribution in [0, 0.1) is 17.2 Å². The average Bonchev–Trinajstić information content (AvgIpc) is 2.32. The van der Waals surface area contributed by atoms with Gasteiger partial charge in [0.05, 0.1) is 5.02 Å². The van der Waals surface area contributed by atoms with Crippen LogP contribution in [-0.4, -0.2) is 5.54 Å². The smallest absolute Gasteiger partial charge is 0.141 e. The maximum Gasteiger partial charge on any atom is 0.141 e. The molecular weight excluding hydrogens is 273 g/mol. The number of hydrogen-bond acceptors (Lipinski definition) is 1. The van der Waals surface area contributed by atoms with Crippen molar-refractivity contribution < 1.29 is 4.39 Å². The first-order valence-electron chi connectivity index (χ1n) is 7.45. The Morgan fingerprint density at radius 2 is 2.05 bits per heavy atom. The molecule has 1 saturated carbocycles. The zero-order valence-electron chi connectivity index (χ0n) is 12.7. The topological polar surface area (TPSA) is 26.0 Å². The molecule has 20 heavy (non-hydrogen) atoms. The highest BCUT2D eigenvalue weighted by atomic mass is 35.5. The van der Waals surface area contributed by atoms with Crippen LogP contribution in [0.3, 0.4) is 0 Å². The Balaban J connectivity index is 2.25. The van der Waals surface area contributed by atoms with Crippen LogP contribution < -0.4 is 5.73 Å². The van der Waals surface area contributed by atoms with Crippen molar-refractivity contribution in [1.29, 1.82) is 0 Å². The summed E-state index contributed by atoms with van der Waals surface area (Å²) in [7, 11) is 0. The van der Waals surface area contributed by atoms with Gasteiger partial charge in [0.1, 0.15) is 5.82 Å². The van der Waals surface area contributed by atoms with Crippen molar-refractivity contribution in [1.82, 2.24) is 0 Å². The third kappa shape index (κ3) is 3.35. The van der Waals surface area contributed by atoms with E-state index in [0.29, 0.717) is 5.92 Å². The third-order valence-electron chi connectivity index (χ3n) is 4.64. The van der Waals surface area contributed by atoms with Gasteiger partial charge in [-0.05, 0) is 48.3 Å². The van der Waals surface area contributed by atoms with Gasteiger partial charge in [-0.3, -0.25) is 0 Å². The number of nitrogens with two attached hydrogens (primary N) is 1. The molecule has 1 aromatic rings. The lowest BCUT2D eigenvalue weighted by Crippen LogP contribution is -2.55. The molecule has 1 aliphatic rings. The van der Waals surface area contributed by atoms with E-state index in [1.807, 2.05) is 6.07 Å². The highest BCUT2D eigenvalue weighted by molar-refractivity contribution is 6.30. The van der Waals surface area contributed by atoms with Crippen LogP contribution >= 0.6 is 11.6 Å². The molecule has 3 heteroatoms. The molecule has 2 atom stereocenters. The maximum atomic E-state index is 13.3. The molecule has 1 aliphatic carbocycles.